The molecule has 0 bridgehead atoms. The second kappa shape index (κ2) is 7.61. The molecule has 0 aromatic heterocycles. The Hall–Kier alpha value is -1.34. The summed E-state index contributed by atoms with van der Waals surface area (Å²) in [5.74, 6) is -1.18. The number of carbonyl (C=O) groups is 3. The van der Waals surface area contributed by atoms with E-state index in [2.05, 4.69) is 5.32 Å². The van der Waals surface area contributed by atoms with Crippen molar-refractivity contribution in [1.29, 1.82) is 0 Å². The van der Waals surface area contributed by atoms with E-state index in [0.717, 1.165) is 19.5 Å². The highest BCUT2D eigenvalue weighted by Crippen LogP contribution is 2.09. The third-order valence-corrected chi connectivity index (χ3v) is 4.08. The van der Waals surface area contributed by atoms with Gasteiger partial charge in [-0.25, -0.2) is 0 Å². The number of halogens is 1. The Balaban J connectivity index is 0.00000220. The molecular formula is C13H23ClN4O3. The number of nitrogens with one attached hydrogen (secondary N) is 1. The van der Waals surface area contributed by atoms with E-state index in [1.807, 2.05) is 6.92 Å². The fourth-order valence-corrected chi connectivity index (χ4v) is 2.62. The molecule has 1 atom stereocenters. The van der Waals surface area contributed by atoms with Gasteiger partial charge in [-0.2, -0.15) is 0 Å². The van der Waals surface area contributed by atoms with Crippen molar-refractivity contribution in [3.63, 3.8) is 0 Å². The lowest BCUT2D eigenvalue weighted by Gasteiger charge is -2.34. The first-order valence-corrected chi connectivity index (χ1v) is 7.09. The number of hydrogen-bond acceptors (Lipinski definition) is 4. The van der Waals surface area contributed by atoms with Crippen molar-refractivity contribution in [2.24, 2.45) is 0 Å². The third-order valence-electron chi connectivity index (χ3n) is 4.08. The molecule has 0 spiro atoms. The minimum Gasteiger partial charge on any atom is -0.340 e. The van der Waals surface area contributed by atoms with Gasteiger partial charge in [-0.3, -0.25) is 14.4 Å². The minimum atomic E-state index is -0.565. The Labute approximate surface area is 131 Å². The predicted octanol–water partition coefficient (Wildman–Crippen LogP) is -1.08. The van der Waals surface area contributed by atoms with Gasteiger partial charge in [0.1, 0.15) is 6.54 Å². The first-order valence-electron chi connectivity index (χ1n) is 7.09. The van der Waals surface area contributed by atoms with E-state index in [1.54, 1.807) is 11.9 Å². The van der Waals surface area contributed by atoms with Crippen LogP contribution in [0.15, 0.2) is 0 Å². The normalized spacial score (nSPS) is 22.3. The number of likely N-dealkylation sites (N-methyl/N-ethyl adjacent to an activating group) is 2. The highest BCUT2D eigenvalue weighted by molar-refractivity contribution is 6.35. The largest absolute Gasteiger partial charge is 0.340 e. The van der Waals surface area contributed by atoms with Crippen LogP contribution >= 0.6 is 12.4 Å². The van der Waals surface area contributed by atoms with Gasteiger partial charge in [0.15, 0.2) is 0 Å². The molecule has 7 nitrogen and oxygen atoms in total. The summed E-state index contributed by atoms with van der Waals surface area (Å²) in [5, 5.41) is 3.21. The maximum absolute atomic E-state index is 12.2. The van der Waals surface area contributed by atoms with Crippen LogP contribution in [0.4, 0.5) is 0 Å². The molecule has 21 heavy (non-hydrogen) atoms. The highest BCUT2D eigenvalue weighted by atomic mass is 35.5. The van der Waals surface area contributed by atoms with Crippen LogP contribution in [0.5, 0.6) is 0 Å². The zero-order valence-corrected chi connectivity index (χ0v) is 13.3. The first-order chi connectivity index (χ1) is 9.54. The summed E-state index contributed by atoms with van der Waals surface area (Å²) in [6.07, 6.45) is 0.929. The first kappa shape index (κ1) is 17.7. The summed E-state index contributed by atoms with van der Waals surface area (Å²) in [5.41, 5.74) is 0. The van der Waals surface area contributed by atoms with Crippen LogP contribution in [0.1, 0.15) is 13.3 Å². The van der Waals surface area contributed by atoms with Gasteiger partial charge in [0.25, 0.3) is 0 Å². The summed E-state index contributed by atoms with van der Waals surface area (Å²) in [4.78, 5) is 40.4. The molecule has 0 aliphatic carbocycles. The quantitative estimate of drug-likeness (QED) is 0.669. The van der Waals surface area contributed by atoms with E-state index in [0.29, 0.717) is 19.6 Å². The molecule has 2 saturated heterocycles. The fourth-order valence-electron chi connectivity index (χ4n) is 2.62. The fraction of sp³-hybridized carbons (Fsp3) is 0.769. The molecule has 2 aliphatic rings. The van der Waals surface area contributed by atoms with Crippen molar-refractivity contribution in [3.8, 4) is 0 Å². The van der Waals surface area contributed by atoms with Crippen LogP contribution in [0.2, 0.25) is 0 Å². The number of rotatable bonds is 4. The number of nitrogens with zero attached hydrogens (tertiary/aromatic N) is 3. The molecule has 2 aliphatic heterocycles. The maximum atomic E-state index is 12.2. The molecule has 3 amide bonds. The molecule has 0 saturated carbocycles. The number of hydrogen-bond donors (Lipinski definition) is 1. The van der Waals surface area contributed by atoms with Crippen LogP contribution in [-0.2, 0) is 14.4 Å². The van der Waals surface area contributed by atoms with Crippen molar-refractivity contribution in [3.05, 3.63) is 0 Å². The molecule has 1 unspecified atom stereocenters. The Morgan fingerprint density at radius 3 is 2.48 bits per heavy atom. The van der Waals surface area contributed by atoms with Gasteiger partial charge < -0.3 is 20.0 Å². The summed E-state index contributed by atoms with van der Waals surface area (Å²) in [6, 6.07) is 0.185. The van der Waals surface area contributed by atoms with E-state index in [-0.39, 0.29) is 30.9 Å². The van der Waals surface area contributed by atoms with Gasteiger partial charge >= 0.3 is 11.8 Å². The van der Waals surface area contributed by atoms with Crippen molar-refractivity contribution in [1.82, 2.24) is 20.0 Å². The monoisotopic (exact) mass is 318 g/mol. The second-order valence-corrected chi connectivity index (χ2v) is 5.26. The molecule has 120 valence electrons. The Morgan fingerprint density at radius 2 is 1.90 bits per heavy atom. The van der Waals surface area contributed by atoms with E-state index >= 15 is 0 Å². The molecule has 2 rings (SSSR count). The van der Waals surface area contributed by atoms with Gasteiger partial charge in [-0.05, 0) is 19.9 Å². The molecule has 0 aromatic carbocycles. The van der Waals surface area contributed by atoms with Crippen LogP contribution < -0.4 is 5.32 Å². The third kappa shape index (κ3) is 3.85. The Kier molecular flexibility index (Phi) is 6.42. The lowest BCUT2D eigenvalue weighted by Crippen LogP contribution is -2.56. The zero-order chi connectivity index (χ0) is 14.7. The summed E-state index contributed by atoms with van der Waals surface area (Å²) in [7, 11) is 1.76. The molecule has 2 heterocycles. The number of carbonyl (C=O) groups excluding carboxylic acids is 3. The Bertz CT molecular complexity index is 412. The van der Waals surface area contributed by atoms with Crippen molar-refractivity contribution in [2.45, 2.75) is 19.4 Å². The van der Waals surface area contributed by atoms with E-state index in [4.69, 9.17) is 0 Å². The van der Waals surface area contributed by atoms with Gasteiger partial charge in [0.2, 0.25) is 5.91 Å². The smallest absolute Gasteiger partial charge is 0.312 e. The standard InChI is InChI=1S/C13H22N4O3.ClH/c1-3-16-6-7-17(13(20)12(16)19)9-11(18)15(2)10-4-5-14-8-10;/h10,14H,3-9H2,1-2H3;1H. The highest BCUT2D eigenvalue weighted by Gasteiger charge is 2.34. The predicted molar refractivity (Wildman–Crippen MR) is 80.1 cm³/mol. The summed E-state index contributed by atoms with van der Waals surface area (Å²) >= 11 is 0. The molecule has 0 aromatic rings. The van der Waals surface area contributed by atoms with Crippen LogP contribution in [0, 0.1) is 0 Å². The van der Waals surface area contributed by atoms with Gasteiger partial charge in [0, 0.05) is 39.3 Å². The summed E-state index contributed by atoms with van der Waals surface area (Å²) < 4.78 is 0. The average molecular weight is 319 g/mol. The van der Waals surface area contributed by atoms with Crippen LogP contribution in [0.3, 0.4) is 0 Å². The van der Waals surface area contributed by atoms with Crippen molar-refractivity contribution in [2.75, 3.05) is 46.3 Å². The Morgan fingerprint density at radius 1 is 1.29 bits per heavy atom. The number of amides is 3. The average Bonchev–Trinajstić information content (AvgIpc) is 2.97. The van der Waals surface area contributed by atoms with Gasteiger partial charge in [0.05, 0.1) is 0 Å². The molecular weight excluding hydrogens is 296 g/mol. The van der Waals surface area contributed by atoms with Crippen molar-refractivity contribution < 1.29 is 14.4 Å². The molecule has 1 N–H and O–H groups in total. The lowest BCUT2D eigenvalue weighted by molar-refractivity contribution is -0.157. The molecule has 8 heteroatoms. The van der Waals surface area contributed by atoms with Crippen LogP contribution in [-0.4, -0.2) is 84.8 Å². The van der Waals surface area contributed by atoms with Gasteiger partial charge in [-0.1, -0.05) is 0 Å². The zero-order valence-electron chi connectivity index (χ0n) is 12.5. The topological polar surface area (TPSA) is 73.0 Å². The summed E-state index contributed by atoms with van der Waals surface area (Å²) in [6.45, 7) is 5.00. The van der Waals surface area contributed by atoms with E-state index in [1.165, 1.54) is 9.80 Å². The number of piperazine rings is 1. The van der Waals surface area contributed by atoms with Crippen molar-refractivity contribution >= 4 is 30.1 Å². The van der Waals surface area contributed by atoms with E-state index < -0.39 is 11.8 Å². The maximum Gasteiger partial charge on any atom is 0.312 e. The molecule has 0 radical (unpaired) electrons. The minimum absolute atomic E-state index is 0. The molecule has 2 fully saturated rings. The van der Waals surface area contributed by atoms with Crippen LogP contribution in [0.25, 0.3) is 0 Å². The van der Waals surface area contributed by atoms with Gasteiger partial charge in [-0.15, -0.1) is 12.4 Å². The second-order valence-electron chi connectivity index (χ2n) is 5.26. The SMILES string of the molecule is CCN1CCN(CC(=O)N(C)C2CCNC2)C(=O)C1=O.Cl. The van der Waals surface area contributed by atoms with E-state index in [9.17, 15) is 14.4 Å². The lowest BCUT2D eigenvalue weighted by atomic mass is 10.2.